The minimum Gasteiger partial charge on any atom is -0.367 e. The maximum absolute atomic E-state index is 12.7. The van der Waals surface area contributed by atoms with Gasteiger partial charge in [-0.05, 0) is 18.4 Å². The molecule has 3 aromatic heterocycles. The summed E-state index contributed by atoms with van der Waals surface area (Å²) in [4.78, 5) is 37.0. The van der Waals surface area contributed by atoms with E-state index < -0.39 is 0 Å². The van der Waals surface area contributed by atoms with Crippen LogP contribution in [0.2, 0.25) is 0 Å². The zero-order valence-corrected chi connectivity index (χ0v) is 15.5. The van der Waals surface area contributed by atoms with Crippen LogP contribution in [-0.2, 0) is 11.2 Å². The number of aromatic amines is 1. The van der Waals surface area contributed by atoms with Crippen LogP contribution in [-0.4, -0.2) is 61.9 Å². The van der Waals surface area contributed by atoms with E-state index >= 15 is 0 Å². The summed E-state index contributed by atoms with van der Waals surface area (Å²) >= 11 is 0. The molecule has 1 aliphatic rings. The smallest absolute Gasteiger partial charge is 0.228 e. The highest BCUT2D eigenvalue weighted by Crippen LogP contribution is 2.29. The molecule has 1 aliphatic heterocycles. The molecule has 4 heterocycles. The highest BCUT2D eigenvalue weighted by atomic mass is 16.2. The summed E-state index contributed by atoms with van der Waals surface area (Å²) in [5.74, 6) is 0.546. The summed E-state index contributed by atoms with van der Waals surface area (Å²) in [7, 11) is 1.89. The van der Waals surface area contributed by atoms with Gasteiger partial charge in [-0.3, -0.25) is 4.79 Å². The molecule has 1 fully saturated rings. The third-order valence-electron chi connectivity index (χ3n) is 5.16. The molecule has 1 amide bonds. The Bertz CT molecular complexity index is 921. The zero-order chi connectivity index (χ0) is 18.8. The van der Waals surface area contributed by atoms with E-state index in [1.54, 1.807) is 31.1 Å². The minimum absolute atomic E-state index is 0.0838. The van der Waals surface area contributed by atoms with Gasteiger partial charge in [-0.25, -0.2) is 19.9 Å². The van der Waals surface area contributed by atoms with Crippen LogP contribution >= 0.6 is 0 Å². The van der Waals surface area contributed by atoms with Gasteiger partial charge in [0.2, 0.25) is 5.91 Å². The van der Waals surface area contributed by atoms with Crippen LogP contribution in [0.5, 0.6) is 0 Å². The maximum Gasteiger partial charge on any atom is 0.228 e. The summed E-state index contributed by atoms with van der Waals surface area (Å²) in [5, 5.41) is 0. The molecular weight excluding hydrogens is 342 g/mol. The van der Waals surface area contributed by atoms with Crippen molar-refractivity contribution in [1.82, 2.24) is 29.8 Å². The van der Waals surface area contributed by atoms with Gasteiger partial charge in [-0.2, -0.15) is 0 Å². The Labute approximate surface area is 157 Å². The molecular formula is C19H23N7O. The number of carbonyl (C=O) groups excluding carboxylic acids is 1. The first-order valence-electron chi connectivity index (χ1n) is 9.16. The Balaban J connectivity index is 1.55. The maximum atomic E-state index is 12.7. The Hall–Kier alpha value is -3.03. The average Bonchev–Trinajstić information content (AvgIpc) is 3.19. The summed E-state index contributed by atoms with van der Waals surface area (Å²) in [6.45, 7) is 3.91. The summed E-state index contributed by atoms with van der Waals surface area (Å²) < 4.78 is 0. The van der Waals surface area contributed by atoms with E-state index in [4.69, 9.17) is 0 Å². The largest absolute Gasteiger partial charge is 0.367 e. The molecule has 0 saturated carbocycles. The lowest BCUT2D eigenvalue weighted by molar-refractivity contribution is -0.131. The molecule has 8 heteroatoms. The van der Waals surface area contributed by atoms with Crippen molar-refractivity contribution < 1.29 is 4.79 Å². The number of pyridine rings is 1. The molecule has 0 radical (unpaired) electrons. The molecule has 27 heavy (non-hydrogen) atoms. The standard InChI is InChI=1S/C19H23N7O/c1-13-7-15(25(2)17(27)8-14-9-20-12-24-14)11-26(10-13)16-3-4-22-19-18(16)21-5-6-23-19/h3-6,9,12-13,15H,7-8,10-11H2,1-2H3,(H,20,24)/t13-,15+/m0/s1. The van der Waals surface area contributed by atoms with Crippen LogP contribution in [0.25, 0.3) is 11.2 Å². The molecule has 0 spiro atoms. The molecule has 0 aliphatic carbocycles. The monoisotopic (exact) mass is 365 g/mol. The van der Waals surface area contributed by atoms with E-state index in [0.29, 0.717) is 18.0 Å². The van der Waals surface area contributed by atoms with Crippen LogP contribution < -0.4 is 4.90 Å². The van der Waals surface area contributed by atoms with Crippen molar-refractivity contribution in [3.05, 3.63) is 42.9 Å². The van der Waals surface area contributed by atoms with Gasteiger partial charge in [-0.15, -0.1) is 0 Å². The molecule has 8 nitrogen and oxygen atoms in total. The molecule has 0 aromatic carbocycles. The van der Waals surface area contributed by atoms with Gasteiger partial charge in [0.05, 0.1) is 24.1 Å². The molecule has 0 unspecified atom stereocenters. The van der Waals surface area contributed by atoms with Crippen molar-refractivity contribution in [2.45, 2.75) is 25.8 Å². The van der Waals surface area contributed by atoms with Gasteiger partial charge in [0.15, 0.2) is 5.65 Å². The fraction of sp³-hybridized carbons (Fsp3) is 0.421. The summed E-state index contributed by atoms with van der Waals surface area (Å²) in [6, 6.07) is 2.12. The van der Waals surface area contributed by atoms with Gasteiger partial charge >= 0.3 is 0 Å². The van der Waals surface area contributed by atoms with E-state index in [1.807, 2.05) is 18.0 Å². The number of carbonyl (C=O) groups is 1. The highest BCUT2D eigenvalue weighted by molar-refractivity contribution is 5.85. The molecule has 140 valence electrons. The SMILES string of the molecule is C[C@H]1C[C@@H](N(C)C(=O)Cc2c[nH]cn2)CN(c2ccnc3nccnc23)C1. The number of likely N-dealkylation sites (N-methyl/N-ethyl adjacent to an activating group) is 1. The van der Waals surface area contributed by atoms with Crippen molar-refractivity contribution >= 4 is 22.8 Å². The Morgan fingerprint density at radius 1 is 1.22 bits per heavy atom. The van der Waals surface area contributed by atoms with Crippen molar-refractivity contribution in [2.75, 3.05) is 25.0 Å². The molecule has 4 rings (SSSR count). The number of nitrogens with zero attached hydrogens (tertiary/aromatic N) is 6. The lowest BCUT2D eigenvalue weighted by Crippen LogP contribution is -2.51. The van der Waals surface area contributed by atoms with Crippen LogP contribution in [0.15, 0.2) is 37.2 Å². The van der Waals surface area contributed by atoms with Gasteiger partial charge < -0.3 is 14.8 Å². The number of H-pyrrole nitrogens is 1. The number of aromatic nitrogens is 5. The Morgan fingerprint density at radius 2 is 2.04 bits per heavy atom. The van der Waals surface area contributed by atoms with Crippen LogP contribution in [0.1, 0.15) is 19.0 Å². The topological polar surface area (TPSA) is 90.9 Å². The molecule has 1 saturated heterocycles. The molecule has 1 N–H and O–H groups in total. The molecule has 3 aromatic rings. The number of imidazole rings is 1. The quantitative estimate of drug-likeness (QED) is 0.756. The Kier molecular flexibility index (Phi) is 4.70. The normalized spacial score (nSPS) is 20.0. The van der Waals surface area contributed by atoms with Gasteiger partial charge in [0.25, 0.3) is 0 Å². The van der Waals surface area contributed by atoms with Crippen LogP contribution in [0.3, 0.4) is 0 Å². The van der Waals surface area contributed by atoms with Crippen molar-refractivity contribution in [1.29, 1.82) is 0 Å². The van der Waals surface area contributed by atoms with Gasteiger partial charge in [-0.1, -0.05) is 6.92 Å². The summed E-state index contributed by atoms with van der Waals surface area (Å²) in [6.07, 6.45) is 9.78. The van der Waals surface area contributed by atoms with E-state index in [9.17, 15) is 4.79 Å². The Morgan fingerprint density at radius 3 is 2.85 bits per heavy atom. The third-order valence-corrected chi connectivity index (χ3v) is 5.16. The van der Waals surface area contributed by atoms with Crippen LogP contribution in [0.4, 0.5) is 5.69 Å². The van der Waals surface area contributed by atoms with Gasteiger partial charge in [0, 0.05) is 51.0 Å². The first kappa shape index (κ1) is 17.4. The highest BCUT2D eigenvalue weighted by Gasteiger charge is 2.30. The van der Waals surface area contributed by atoms with Crippen molar-refractivity contribution in [3.8, 4) is 0 Å². The number of hydrogen-bond acceptors (Lipinski definition) is 6. The number of amides is 1. The number of fused-ring (bicyclic) bond motifs is 1. The third kappa shape index (κ3) is 3.60. The van der Waals surface area contributed by atoms with E-state index in [-0.39, 0.29) is 11.9 Å². The number of rotatable bonds is 4. The molecule has 0 bridgehead atoms. The number of hydrogen-bond donors (Lipinski definition) is 1. The predicted octanol–water partition coefficient (Wildman–Crippen LogP) is 1.66. The second kappa shape index (κ2) is 7.30. The first-order chi connectivity index (χ1) is 13.1. The fourth-order valence-corrected chi connectivity index (χ4v) is 3.79. The molecule has 2 atom stereocenters. The fourth-order valence-electron chi connectivity index (χ4n) is 3.79. The van der Waals surface area contributed by atoms with Gasteiger partial charge in [0.1, 0.15) is 5.52 Å². The zero-order valence-electron chi connectivity index (χ0n) is 15.5. The summed E-state index contributed by atoms with van der Waals surface area (Å²) in [5.41, 5.74) is 3.24. The second-order valence-electron chi connectivity index (χ2n) is 7.20. The number of anilines is 1. The van der Waals surface area contributed by atoms with Crippen molar-refractivity contribution in [2.24, 2.45) is 5.92 Å². The van der Waals surface area contributed by atoms with E-state index in [0.717, 1.165) is 36.4 Å². The number of nitrogens with one attached hydrogen (secondary N) is 1. The van der Waals surface area contributed by atoms with E-state index in [2.05, 4.69) is 36.7 Å². The number of piperidine rings is 1. The lowest BCUT2D eigenvalue weighted by Gasteiger charge is -2.41. The second-order valence-corrected chi connectivity index (χ2v) is 7.20. The van der Waals surface area contributed by atoms with Crippen LogP contribution in [0, 0.1) is 5.92 Å². The average molecular weight is 365 g/mol. The van der Waals surface area contributed by atoms with E-state index in [1.165, 1.54) is 0 Å². The van der Waals surface area contributed by atoms with Crippen molar-refractivity contribution in [3.63, 3.8) is 0 Å². The minimum atomic E-state index is 0.0838. The predicted molar refractivity (Wildman–Crippen MR) is 102 cm³/mol. The first-order valence-corrected chi connectivity index (χ1v) is 9.16. The lowest BCUT2D eigenvalue weighted by atomic mass is 9.94.